The number of nitrogens with zero attached hydrogens (tertiary/aromatic N) is 1. The zero-order valence-corrected chi connectivity index (χ0v) is 15.4. The summed E-state index contributed by atoms with van der Waals surface area (Å²) in [5.41, 5.74) is 1.63. The number of hydrogen-bond donors (Lipinski definition) is 0. The summed E-state index contributed by atoms with van der Waals surface area (Å²) in [5.74, 6) is 0.747. The molecule has 0 fully saturated rings. The lowest BCUT2D eigenvalue weighted by atomic mass is 10.1. The number of rotatable bonds is 3. The smallest absolute Gasteiger partial charge is 0.203 e. The molecule has 4 heteroatoms. The van der Waals surface area contributed by atoms with E-state index in [1.165, 1.54) is 16.7 Å². The van der Waals surface area contributed by atoms with Crippen molar-refractivity contribution >= 4 is 49.0 Å². The van der Waals surface area contributed by atoms with Crippen LogP contribution in [0.15, 0.2) is 72.8 Å². The minimum absolute atomic E-state index is 0.00886. The maximum Gasteiger partial charge on any atom is 0.203 e. The minimum atomic E-state index is 0.00886. The largest absolute Gasteiger partial charge is 0.497 e. The fourth-order valence-electron chi connectivity index (χ4n) is 3.37. The lowest BCUT2D eigenvalue weighted by Gasteiger charge is -2.02. The summed E-state index contributed by atoms with van der Waals surface area (Å²) in [6.07, 6.45) is 0. The van der Waals surface area contributed by atoms with Crippen LogP contribution < -0.4 is 4.74 Å². The standard InChI is InChI=1S/C23H15NO2S/c1-26-18-10-8-15(9-11-18)22(25)20-13-17-12-16-7-6-14-4-2-3-5-19(14)21(16)24-23(17)27-20/h2-13H,1H3. The van der Waals surface area contributed by atoms with Crippen molar-refractivity contribution in [2.45, 2.75) is 0 Å². The Morgan fingerprint density at radius 2 is 1.67 bits per heavy atom. The summed E-state index contributed by atoms with van der Waals surface area (Å²) in [4.78, 5) is 19.3. The maximum atomic E-state index is 12.9. The number of carbonyl (C=O) groups excluding carboxylic acids is 1. The van der Waals surface area contributed by atoms with Gasteiger partial charge in [0, 0.05) is 21.7 Å². The van der Waals surface area contributed by atoms with Crippen LogP contribution >= 0.6 is 11.3 Å². The van der Waals surface area contributed by atoms with Crippen LogP contribution in [0.4, 0.5) is 0 Å². The summed E-state index contributed by atoms with van der Waals surface area (Å²) in [6.45, 7) is 0. The van der Waals surface area contributed by atoms with Gasteiger partial charge >= 0.3 is 0 Å². The van der Waals surface area contributed by atoms with Gasteiger partial charge < -0.3 is 4.74 Å². The summed E-state index contributed by atoms with van der Waals surface area (Å²) >= 11 is 1.44. The molecular formula is C23H15NO2S. The highest BCUT2D eigenvalue weighted by atomic mass is 32.1. The molecule has 0 radical (unpaired) electrons. The van der Waals surface area contributed by atoms with Crippen molar-refractivity contribution in [2.75, 3.05) is 7.11 Å². The van der Waals surface area contributed by atoms with Gasteiger partial charge in [-0.15, -0.1) is 11.3 Å². The quantitative estimate of drug-likeness (QED) is 0.296. The molecular weight excluding hydrogens is 354 g/mol. The van der Waals surface area contributed by atoms with Gasteiger partial charge in [0.15, 0.2) is 0 Å². The second-order valence-corrected chi connectivity index (χ2v) is 7.44. The second kappa shape index (κ2) is 6.18. The van der Waals surface area contributed by atoms with Crippen LogP contribution in [0.2, 0.25) is 0 Å². The molecule has 3 nitrogen and oxygen atoms in total. The van der Waals surface area contributed by atoms with Crippen molar-refractivity contribution in [3.8, 4) is 5.75 Å². The Labute approximate surface area is 159 Å². The Bertz CT molecular complexity index is 1320. The van der Waals surface area contributed by atoms with Crippen LogP contribution in [0.3, 0.4) is 0 Å². The Morgan fingerprint density at radius 3 is 2.48 bits per heavy atom. The first-order valence-electron chi connectivity index (χ1n) is 8.64. The molecule has 0 N–H and O–H groups in total. The van der Waals surface area contributed by atoms with Crippen LogP contribution in [0, 0.1) is 0 Å². The first kappa shape index (κ1) is 16.0. The van der Waals surface area contributed by atoms with Crippen LogP contribution in [0.1, 0.15) is 15.2 Å². The number of ketones is 1. The van der Waals surface area contributed by atoms with Gasteiger partial charge in [-0.3, -0.25) is 4.79 Å². The average Bonchev–Trinajstić information content (AvgIpc) is 3.14. The van der Waals surface area contributed by atoms with Crippen molar-refractivity contribution in [1.82, 2.24) is 4.98 Å². The molecule has 0 amide bonds. The first-order valence-corrected chi connectivity index (χ1v) is 9.45. The number of methoxy groups -OCH3 is 1. The third-order valence-electron chi connectivity index (χ3n) is 4.77. The molecule has 0 bridgehead atoms. The van der Waals surface area contributed by atoms with E-state index in [1.807, 2.05) is 18.2 Å². The highest BCUT2D eigenvalue weighted by molar-refractivity contribution is 7.20. The number of thiophene rings is 1. The van der Waals surface area contributed by atoms with Gasteiger partial charge in [0.25, 0.3) is 0 Å². The fourth-order valence-corrected chi connectivity index (χ4v) is 4.34. The molecule has 5 aromatic rings. The summed E-state index contributed by atoms with van der Waals surface area (Å²) in [5, 5.41) is 4.39. The van der Waals surface area contributed by atoms with Gasteiger partial charge in [0.2, 0.25) is 5.78 Å². The van der Waals surface area contributed by atoms with Gasteiger partial charge in [-0.05, 0) is 41.8 Å². The molecule has 0 aliphatic carbocycles. The molecule has 5 rings (SSSR count). The van der Waals surface area contributed by atoms with Crippen molar-refractivity contribution in [3.63, 3.8) is 0 Å². The van der Waals surface area contributed by atoms with E-state index in [-0.39, 0.29) is 5.78 Å². The number of pyridine rings is 1. The van der Waals surface area contributed by atoms with Crippen LogP contribution in [0.5, 0.6) is 5.75 Å². The van der Waals surface area contributed by atoms with Crippen molar-refractivity contribution < 1.29 is 9.53 Å². The maximum absolute atomic E-state index is 12.9. The molecule has 130 valence electrons. The lowest BCUT2D eigenvalue weighted by Crippen LogP contribution is -1.98. The molecule has 0 saturated carbocycles. The summed E-state index contributed by atoms with van der Waals surface area (Å²) in [6, 6.07) is 23.7. The molecule has 0 atom stereocenters. The Kier molecular flexibility index (Phi) is 3.66. The predicted octanol–water partition coefficient (Wildman–Crippen LogP) is 5.84. The summed E-state index contributed by atoms with van der Waals surface area (Å²) in [7, 11) is 1.61. The van der Waals surface area contributed by atoms with Crippen LogP contribution in [0.25, 0.3) is 31.9 Å². The van der Waals surface area contributed by atoms with Crippen molar-refractivity contribution in [1.29, 1.82) is 0 Å². The summed E-state index contributed by atoms with van der Waals surface area (Å²) < 4.78 is 5.16. The zero-order chi connectivity index (χ0) is 18.4. The molecule has 0 aliphatic rings. The predicted molar refractivity (Wildman–Crippen MR) is 111 cm³/mol. The fraction of sp³-hybridized carbons (Fsp3) is 0.0435. The number of carbonyl (C=O) groups is 1. The normalized spacial score (nSPS) is 11.3. The number of ether oxygens (including phenoxy) is 1. The average molecular weight is 369 g/mol. The monoisotopic (exact) mass is 369 g/mol. The molecule has 0 saturated heterocycles. The van der Waals surface area contributed by atoms with E-state index in [0.29, 0.717) is 10.4 Å². The third-order valence-corrected chi connectivity index (χ3v) is 5.82. The van der Waals surface area contributed by atoms with Gasteiger partial charge in [-0.25, -0.2) is 4.98 Å². The van der Waals surface area contributed by atoms with E-state index in [9.17, 15) is 4.79 Å². The minimum Gasteiger partial charge on any atom is -0.497 e. The molecule has 2 aromatic heterocycles. The van der Waals surface area contributed by atoms with Crippen LogP contribution in [-0.2, 0) is 0 Å². The van der Waals surface area contributed by atoms with Crippen molar-refractivity contribution in [2.24, 2.45) is 0 Å². The number of benzene rings is 3. The number of fused-ring (bicyclic) bond motifs is 4. The van der Waals surface area contributed by atoms with Gasteiger partial charge in [-0.1, -0.05) is 36.4 Å². The Balaban J connectivity index is 1.64. The lowest BCUT2D eigenvalue weighted by molar-refractivity contribution is 0.104. The van der Waals surface area contributed by atoms with Gasteiger partial charge in [0.05, 0.1) is 17.5 Å². The van der Waals surface area contributed by atoms with E-state index in [0.717, 1.165) is 32.3 Å². The van der Waals surface area contributed by atoms with Gasteiger partial charge in [-0.2, -0.15) is 0 Å². The SMILES string of the molecule is COc1ccc(C(=O)c2cc3cc4ccc5ccccc5c4nc3s2)cc1. The zero-order valence-electron chi connectivity index (χ0n) is 14.6. The molecule has 27 heavy (non-hydrogen) atoms. The molecule has 0 spiro atoms. The first-order chi connectivity index (χ1) is 13.2. The van der Waals surface area contributed by atoms with E-state index >= 15 is 0 Å². The second-order valence-electron chi connectivity index (χ2n) is 6.41. The Hall–Kier alpha value is -3.24. The van der Waals surface area contributed by atoms with Crippen molar-refractivity contribution in [3.05, 3.63) is 83.2 Å². The number of hydrogen-bond acceptors (Lipinski definition) is 4. The van der Waals surface area contributed by atoms with Crippen LogP contribution in [-0.4, -0.2) is 17.9 Å². The molecule has 0 aliphatic heterocycles. The number of aromatic nitrogens is 1. The van der Waals surface area contributed by atoms with Gasteiger partial charge in [0.1, 0.15) is 10.6 Å². The van der Waals surface area contributed by atoms with E-state index < -0.39 is 0 Å². The topological polar surface area (TPSA) is 39.2 Å². The van der Waals surface area contributed by atoms with E-state index in [2.05, 4.69) is 30.3 Å². The molecule has 0 unspecified atom stereocenters. The third kappa shape index (κ3) is 2.66. The van der Waals surface area contributed by atoms with E-state index in [4.69, 9.17) is 9.72 Å². The molecule has 2 heterocycles. The Morgan fingerprint density at radius 1 is 0.889 bits per heavy atom. The highest BCUT2D eigenvalue weighted by Gasteiger charge is 2.14. The molecule has 3 aromatic carbocycles. The highest BCUT2D eigenvalue weighted by Crippen LogP contribution is 2.32. The van der Waals surface area contributed by atoms with E-state index in [1.54, 1.807) is 31.4 Å².